The Morgan fingerprint density at radius 3 is 2.96 bits per heavy atom. The summed E-state index contributed by atoms with van der Waals surface area (Å²) in [5, 5.41) is 12.9. The Morgan fingerprint density at radius 2 is 2.22 bits per heavy atom. The van der Waals surface area contributed by atoms with Gasteiger partial charge in [-0.3, -0.25) is 9.58 Å². The minimum Gasteiger partial charge on any atom is -0.492 e. The molecule has 120 valence electrons. The Balaban J connectivity index is 1.41. The smallest absolute Gasteiger partial charge is 0.137 e. The minimum absolute atomic E-state index is 0.125. The largest absolute Gasteiger partial charge is 0.492 e. The summed E-state index contributed by atoms with van der Waals surface area (Å²) in [6, 6.07) is 9.27. The van der Waals surface area contributed by atoms with Crippen molar-refractivity contribution in [3.05, 3.63) is 42.5 Å². The molecule has 3 rings (SSSR count). The van der Waals surface area contributed by atoms with E-state index in [1.54, 1.807) is 23.1 Å². The van der Waals surface area contributed by atoms with Crippen molar-refractivity contribution in [3.63, 3.8) is 0 Å². The zero-order valence-electron chi connectivity index (χ0n) is 12.8. The van der Waals surface area contributed by atoms with Crippen molar-refractivity contribution >= 4 is 0 Å². The van der Waals surface area contributed by atoms with Crippen LogP contribution in [0.2, 0.25) is 0 Å². The van der Waals surface area contributed by atoms with Gasteiger partial charge in [-0.15, -0.1) is 0 Å². The molecule has 0 spiro atoms. The van der Waals surface area contributed by atoms with E-state index in [-0.39, 0.29) is 6.10 Å². The lowest BCUT2D eigenvalue weighted by molar-refractivity contribution is -0.0401. The lowest BCUT2D eigenvalue weighted by atomic mass is 10.2. The molecule has 1 atom stereocenters. The van der Waals surface area contributed by atoms with E-state index in [1.165, 1.54) is 6.33 Å². The Labute approximate surface area is 135 Å². The minimum atomic E-state index is 0.125. The first-order valence-electron chi connectivity index (χ1n) is 7.63. The molecular formula is C16H19N5O2. The van der Waals surface area contributed by atoms with E-state index in [0.717, 1.165) is 32.0 Å². The topological polar surface area (TPSA) is 76.2 Å². The van der Waals surface area contributed by atoms with Crippen molar-refractivity contribution in [3.8, 4) is 11.8 Å². The summed E-state index contributed by atoms with van der Waals surface area (Å²) in [5.41, 5.74) is 0.640. The number of benzene rings is 1. The van der Waals surface area contributed by atoms with Crippen molar-refractivity contribution in [2.75, 3.05) is 32.8 Å². The maximum absolute atomic E-state index is 8.77. The molecule has 7 nitrogen and oxygen atoms in total. The second-order valence-electron chi connectivity index (χ2n) is 5.40. The molecule has 2 heterocycles. The van der Waals surface area contributed by atoms with Gasteiger partial charge < -0.3 is 9.47 Å². The van der Waals surface area contributed by atoms with Crippen LogP contribution in [0.1, 0.15) is 5.56 Å². The van der Waals surface area contributed by atoms with Gasteiger partial charge in [-0.1, -0.05) is 0 Å². The molecule has 0 bridgehead atoms. The number of nitrogens with zero attached hydrogens (tertiary/aromatic N) is 5. The Bertz CT molecular complexity index is 635. The van der Waals surface area contributed by atoms with Gasteiger partial charge in [-0.25, -0.2) is 4.98 Å². The fraction of sp³-hybridized carbons (Fsp3) is 0.438. The van der Waals surface area contributed by atoms with Gasteiger partial charge in [-0.2, -0.15) is 10.4 Å². The summed E-state index contributed by atoms with van der Waals surface area (Å²) >= 11 is 0. The lowest BCUT2D eigenvalue weighted by Gasteiger charge is -2.32. The van der Waals surface area contributed by atoms with Crippen molar-refractivity contribution in [2.45, 2.75) is 12.6 Å². The van der Waals surface area contributed by atoms with Gasteiger partial charge in [0.2, 0.25) is 0 Å². The summed E-state index contributed by atoms with van der Waals surface area (Å²) in [4.78, 5) is 6.27. The third-order valence-electron chi connectivity index (χ3n) is 3.74. The van der Waals surface area contributed by atoms with E-state index in [4.69, 9.17) is 14.7 Å². The van der Waals surface area contributed by atoms with E-state index < -0.39 is 0 Å². The van der Waals surface area contributed by atoms with Gasteiger partial charge in [0, 0.05) is 19.6 Å². The van der Waals surface area contributed by atoms with Crippen LogP contribution in [0.15, 0.2) is 36.9 Å². The van der Waals surface area contributed by atoms with E-state index in [1.807, 2.05) is 12.1 Å². The van der Waals surface area contributed by atoms with Crippen LogP contribution in [-0.4, -0.2) is 58.6 Å². The standard InChI is InChI=1S/C16H19N5O2/c17-9-14-1-3-15(4-2-14)22-7-5-20-6-8-23-16(10-20)11-21-13-18-12-19-21/h1-4,12-13,16H,5-8,10-11H2/t16-/m0/s1. The molecule has 1 saturated heterocycles. The van der Waals surface area contributed by atoms with Crippen LogP contribution >= 0.6 is 0 Å². The van der Waals surface area contributed by atoms with E-state index in [0.29, 0.717) is 18.7 Å². The van der Waals surface area contributed by atoms with E-state index in [2.05, 4.69) is 21.1 Å². The number of nitriles is 1. The molecule has 7 heteroatoms. The van der Waals surface area contributed by atoms with Crippen LogP contribution in [0.4, 0.5) is 0 Å². The van der Waals surface area contributed by atoms with Gasteiger partial charge in [-0.05, 0) is 24.3 Å². The van der Waals surface area contributed by atoms with Crippen LogP contribution in [0.5, 0.6) is 5.75 Å². The molecule has 1 aromatic heterocycles. The molecule has 23 heavy (non-hydrogen) atoms. The highest BCUT2D eigenvalue weighted by atomic mass is 16.5. The lowest BCUT2D eigenvalue weighted by Crippen LogP contribution is -2.45. The number of ether oxygens (including phenoxy) is 2. The average molecular weight is 313 g/mol. The quantitative estimate of drug-likeness (QED) is 0.789. The van der Waals surface area contributed by atoms with Crippen LogP contribution in [0.3, 0.4) is 0 Å². The Hall–Kier alpha value is -2.43. The maximum atomic E-state index is 8.77. The first-order valence-corrected chi connectivity index (χ1v) is 7.63. The van der Waals surface area contributed by atoms with Crippen LogP contribution < -0.4 is 4.74 Å². The fourth-order valence-corrected chi connectivity index (χ4v) is 2.55. The highest BCUT2D eigenvalue weighted by Crippen LogP contribution is 2.12. The molecule has 0 radical (unpaired) electrons. The second-order valence-corrected chi connectivity index (χ2v) is 5.40. The molecule has 0 aliphatic carbocycles. The monoisotopic (exact) mass is 313 g/mol. The first kappa shape index (κ1) is 15.5. The molecule has 0 amide bonds. The SMILES string of the molecule is N#Cc1ccc(OCCN2CCO[C@H](Cn3cncn3)C2)cc1. The van der Waals surface area contributed by atoms with E-state index in [9.17, 15) is 0 Å². The number of morpholine rings is 1. The zero-order valence-corrected chi connectivity index (χ0v) is 12.8. The Morgan fingerprint density at radius 1 is 1.35 bits per heavy atom. The van der Waals surface area contributed by atoms with E-state index >= 15 is 0 Å². The highest BCUT2D eigenvalue weighted by Gasteiger charge is 2.20. The predicted molar refractivity (Wildman–Crippen MR) is 82.9 cm³/mol. The van der Waals surface area contributed by atoms with Gasteiger partial charge in [0.05, 0.1) is 30.9 Å². The summed E-state index contributed by atoms with van der Waals surface area (Å²) in [7, 11) is 0. The third-order valence-corrected chi connectivity index (χ3v) is 3.74. The predicted octanol–water partition coefficient (Wildman–Crippen LogP) is 0.930. The first-order chi connectivity index (χ1) is 11.3. The molecule has 1 fully saturated rings. The summed E-state index contributed by atoms with van der Waals surface area (Å²) in [5.74, 6) is 0.788. The van der Waals surface area contributed by atoms with Gasteiger partial charge in [0.25, 0.3) is 0 Å². The van der Waals surface area contributed by atoms with Crippen molar-refractivity contribution in [2.24, 2.45) is 0 Å². The molecular weight excluding hydrogens is 294 g/mol. The number of hydrogen-bond donors (Lipinski definition) is 0. The number of rotatable bonds is 6. The van der Waals surface area contributed by atoms with Crippen molar-refractivity contribution < 1.29 is 9.47 Å². The number of aromatic nitrogens is 3. The molecule has 2 aromatic rings. The van der Waals surface area contributed by atoms with Crippen molar-refractivity contribution in [1.29, 1.82) is 5.26 Å². The van der Waals surface area contributed by atoms with Gasteiger partial charge >= 0.3 is 0 Å². The molecule has 0 unspecified atom stereocenters. The highest BCUT2D eigenvalue weighted by molar-refractivity contribution is 5.34. The fourth-order valence-electron chi connectivity index (χ4n) is 2.55. The molecule has 1 aliphatic rings. The van der Waals surface area contributed by atoms with Crippen LogP contribution in [0.25, 0.3) is 0 Å². The van der Waals surface area contributed by atoms with Crippen LogP contribution in [-0.2, 0) is 11.3 Å². The maximum Gasteiger partial charge on any atom is 0.137 e. The Kier molecular flexibility index (Phi) is 5.19. The average Bonchev–Trinajstić information content (AvgIpc) is 3.09. The second kappa shape index (κ2) is 7.72. The molecule has 1 aromatic carbocycles. The normalized spacial score (nSPS) is 18.5. The zero-order chi connectivity index (χ0) is 15.9. The summed E-state index contributed by atoms with van der Waals surface area (Å²) < 4.78 is 13.3. The summed E-state index contributed by atoms with van der Waals surface area (Å²) in [6.45, 7) is 4.66. The molecule has 1 aliphatic heterocycles. The van der Waals surface area contributed by atoms with Gasteiger partial charge in [0.1, 0.15) is 25.0 Å². The van der Waals surface area contributed by atoms with Crippen LogP contribution in [0, 0.1) is 11.3 Å². The van der Waals surface area contributed by atoms with Gasteiger partial charge in [0.15, 0.2) is 0 Å². The van der Waals surface area contributed by atoms with Crippen molar-refractivity contribution in [1.82, 2.24) is 19.7 Å². The third kappa shape index (κ3) is 4.52. The number of hydrogen-bond acceptors (Lipinski definition) is 6. The summed E-state index contributed by atoms with van der Waals surface area (Å²) in [6.07, 6.45) is 3.36. The molecule has 0 N–H and O–H groups in total. The molecule has 0 saturated carbocycles.